The number of hydrogen-bond donors (Lipinski definition) is 0. The summed E-state index contributed by atoms with van der Waals surface area (Å²) in [5.41, 5.74) is 2.32. The van der Waals surface area contributed by atoms with E-state index in [4.69, 9.17) is 0 Å². The minimum atomic E-state index is -0.333. The average Bonchev–Trinajstić information content (AvgIpc) is 3.17. The van der Waals surface area contributed by atoms with E-state index in [9.17, 15) is 10.1 Å². The molecule has 4 nitrogen and oxygen atoms in total. The topological polar surface area (TPSA) is 46.4 Å². The molecule has 0 amide bonds. The van der Waals surface area contributed by atoms with Gasteiger partial charge in [0.25, 0.3) is 0 Å². The van der Waals surface area contributed by atoms with Crippen molar-refractivity contribution in [1.82, 2.24) is 4.90 Å². The van der Waals surface area contributed by atoms with Crippen molar-refractivity contribution >= 4 is 28.1 Å². The summed E-state index contributed by atoms with van der Waals surface area (Å²) in [5.74, 6) is 0. The third kappa shape index (κ3) is 3.13. The number of rotatable bonds is 4. The maximum atomic E-state index is 10.8. The van der Waals surface area contributed by atoms with Crippen LogP contribution in [0.25, 0.3) is 11.8 Å². The predicted molar refractivity (Wildman–Crippen MR) is 86.1 cm³/mol. The SMILES string of the molecule is O=[N+]([O-])c1ccc(/C=C(\c2ccccc2)N2CCCC2)s1. The van der Waals surface area contributed by atoms with Gasteiger partial charge in [-0.25, -0.2) is 0 Å². The lowest BCUT2D eigenvalue weighted by atomic mass is 10.1. The summed E-state index contributed by atoms with van der Waals surface area (Å²) in [6.45, 7) is 2.10. The molecule has 0 bridgehead atoms. The first kappa shape index (κ1) is 13.8. The van der Waals surface area contributed by atoms with Gasteiger partial charge < -0.3 is 4.90 Å². The van der Waals surface area contributed by atoms with E-state index in [1.165, 1.54) is 24.2 Å². The average molecular weight is 300 g/mol. The lowest BCUT2D eigenvalue weighted by molar-refractivity contribution is -0.380. The van der Waals surface area contributed by atoms with Crippen LogP contribution in [-0.4, -0.2) is 22.9 Å². The highest BCUT2D eigenvalue weighted by atomic mass is 32.1. The van der Waals surface area contributed by atoms with Crippen LogP contribution < -0.4 is 0 Å². The Labute approximate surface area is 127 Å². The molecule has 0 spiro atoms. The van der Waals surface area contributed by atoms with E-state index in [1.807, 2.05) is 24.3 Å². The molecule has 1 aliphatic heterocycles. The molecule has 3 rings (SSSR count). The Bertz CT molecular complexity index is 658. The normalized spacial score (nSPS) is 15.4. The number of thiophene rings is 1. The third-order valence-corrected chi connectivity index (χ3v) is 4.57. The highest BCUT2D eigenvalue weighted by molar-refractivity contribution is 7.16. The van der Waals surface area contributed by atoms with Gasteiger partial charge in [0.1, 0.15) is 0 Å². The van der Waals surface area contributed by atoms with Gasteiger partial charge in [-0.2, -0.15) is 0 Å². The van der Waals surface area contributed by atoms with Crippen molar-refractivity contribution in [2.75, 3.05) is 13.1 Å². The number of nitrogens with zero attached hydrogens (tertiary/aromatic N) is 2. The quantitative estimate of drug-likeness (QED) is 0.626. The Morgan fingerprint density at radius 1 is 1.14 bits per heavy atom. The van der Waals surface area contributed by atoms with E-state index >= 15 is 0 Å². The van der Waals surface area contributed by atoms with Crippen LogP contribution in [0.15, 0.2) is 42.5 Å². The Morgan fingerprint density at radius 3 is 2.48 bits per heavy atom. The molecule has 0 aliphatic carbocycles. The number of likely N-dealkylation sites (tertiary alicyclic amines) is 1. The van der Waals surface area contributed by atoms with Gasteiger partial charge >= 0.3 is 5.00 Å². The zero-order valence-corrected chi connectivity index (χ0v) is 12.4. The minimum absolute atomic E-state index is 0.190. The predicted octanol–water partition coefficient (Wildman–Crippen LogP) is 4.25. The summed E-state index contributed by atoms with van der Waals surface area (Å²) in [5, 5.41) is 11.0. The molecule has 2 heterocycles. The molecule has 21 heavy (non-hydrogen) atoms. The zero-order chi connectivity index (χ0) is 14.7. The van der Waals surface area contributed by atoms with E-state index in [2.05, 4.69) is 23.1 Å². The first-order valence-corrected chi connectivity index (χ1v) is 7.82. The van der Waals surface area contributed by atoms with Crippen LogP contribution in [0.1, 0.15) is 23.3 Å². The number of benzene rings is 1. The van der Waals surface area contributed by atoms with Crippen LogP contribution in [0.3, 0.4) is 0 Å². The maximum Gasteiger partial charge on any atom is 0.324 e. The smallest absolute Gasteiger partial charge is 0.324 e. The van der Waals surface area contributed by atoms with Crippen LogP contribution in [0, 0.1) is 10.1 Å². The van der Waals surface area contributed by atoms with Gasteiger partial charge in [0.2, 0.25) is 0 Å². The Kier molecular flexibility index (Phi) is 4.01. The molecule has 1 aromatic heterocycles. The molecule has 1 aromatic carbocycles. The van der Waals surface area contributed by atoms with E-state index in [0.29, 0.717) is 0 Å². The fraction of sp³-hybridized carbons (Fsp3) is 0.250. The first-order valence-electron chi connectivity index (χ1n) is 7.00. The molecule has 1 aliphatic rings. The summed E-state index contributed by atoms with van der Waals surface area (Å²) in [6.07, 6.45) is 4.47. The van der Waals surface area contributed by atoms with Gasteiger partial charge in [-0.05, 0) is 30.5 Å². The lowest BCUT2D eigenvalue weighted by Gasteiger charge is -2.21. The second-order valence-electron chi connectivity index (χ2n) is 5.02. The zero-order valence-electron chi connectivity index (χ0n) is 11.6. The van der Waals surface area contributed by atoms with Crippen molar-refractivity contribution in [3.63, 3.8) is 0 Å². The number of hydrogen-bond acceptors (Lipinski definition) is 4. The summed E-state index contributed by atoms with van der Waals surface area (Å²) in [4.78, 5) is 13.8. The third-order valence-electron chi connectivity index (χ3n) is 3.59. The Balaban J connectivity index is 1.97. The summed E-state index contributed by atoms with van der Waals surface area (Å²) in [6, 6.07) is 13.6. The molecular weight excluding hydrogens is 284 g/mol. The molecule has 0 N–H and O–H groups in total. The molecule has 2 aromatic rings. The lowest BCUT2D eigenvalue weighted by Crippen LogP contribution is -2.17. The molecule has 0 unspecified atom stereocenters. The molecule has 0 atom stereocenters. The van der Waals surface area contributed by atoms with Gasteiger partial charge in [-0.1, -0.05) is 41.7 Å². The van der Waals surface area contributed by atoms with Crippen LogP contribution in [0.5, 0.6) is 0 Å². The van der Waals surface area contributed by atoms with Crippen molar-refractivity contribution < 1.29 is 4.92 Å². The van der Waals surface area contributed by atoms with E-state index in [1.54, 1.807) is 6.07 Å². The molecule has 1 saturated heterocycles. The molecule has 0 radical (unpaired) electrons. The molecule has 5 heteroatoms. The molecule has 1 fully saturated rings. The van der Waals surface area contributed by atoms with Crippen molar-refractivity contribution in [3.8, 4) is 0 Å². The maximum absolute atomic E-state index is 10.8. The monoisotopic (exact) mass is 300 g/mol. The first-order chi connectivity index (χ1) is 10.2. The van der Waals surface area contributed by atoms with Crippen LogP contribution in [-0.2, 0) is 0 Å². The highest BCUT2D eigenvalue weighted by Crippen LogP contribution is 2.31. The van der Waals surface area contributed by atoms with Crippen LogP contribution >= 0.6 is 11.3 Å². The standard InChI is InChI=1S/C16H16N2O2S/c19-18(20)16-9-8-14(21-16)12-15(17-10-4-5-11-17)13-6-2-1-3-7-13/h1-3,6-9,12H,4-5,10-11H2/b15-12+. The largest absolute Gasteiger partial charge is 0.371 e. The van der Waals surface area contributed by atoms with Gasteiger partial charge in [0, 0.05) is 29.7 Å². The van der Waals surface area contributed by atoms with Gasteiger partial charge in [0.15, 0.2) is 0 Å². The Hall–Kier alpha value is -2.14. The Morgan fingerprint density at radius 2 is 1.86 bits per heavy atom. The summed E-state index contributed by atoms with van der Waals surface area (Å²) < 4.78 is 0. The van der Waals surface area contributed by atoms with Crippen molar-refractivity contribution in [2.45, 2.75) is 12.8 Å². The molecule has 108 valence electrons. The molecule has 0 saturated carbocycles. The molecular formula is C16H16N2O2S. The van der Waals surface area contributed by atoms with Crippen LogP contribution in [0.4, 0.5) is 5.00 Å². The summed E-state index contributed by atoms with van der Waals surface area (Å²) in [7, 11) is 0. The minimum Gasteiger partial charge on any atom is -0.371 e. The van der Waals surface area contributed by atoms with Gasteiger partial charge in [-0.3, -0.25) is 10.1 Å². The van der Waals surface area contributed by atoms with Gasteiger partial charge in [0.05, 0.1) is 4.92 Å². The fourth-order valence-corrected chi connectivity index (χ4v) is 3.34. The summed E-state index contributed by atoms with van der Waals surface area (Å²) >= 11 is 1.22. The van der Waals surface area contributed by atoms with Crippen LogP contribution in [0.2, 0.25) is 0 Å². The van der Waals surface area contributed by atoms with E-state index in [0.717, 1.165) is 29.2 Å². The fourth-order valence-electron chi connectivity index (χ4n) is 2.58. The van der Waals surface area contributed by atoms with E-state index in [-0.39, 0.29) is 9.92 Å². The highest BCUT2D eigenvalue weighted by Gasteiger charge is 2.17. The van der Waals surface area contributed by atoms with Gasteiger partial charge in [-0.15, -0.1) is 0 Å². The van der Waals surface area contributed by atoms with Crippen molar-refractivity contribution in [1.29, 1.82) is 0 Å². The second kappa shape index (κ2) is 6.10. The van der Waals surface area contributed by atoms with Crippen molar-refractivity contribution in [2.24, 2.45) is 0 Å². The number of nitro groups is 1. The second-order valence-corrected chi connectivity index (χ2v) is 6.12. The van der Waals surface area contributed by atoms with Crippen molar-refractivity contribution in [3.05, 3.63) is 63.0 Å². The van der Waals surface area contributed by atoms with E-state index < -0.39 is 0 Å².